The van der Waals surface area contributed by atoms with E-state index in [0.29, 0.717) is 36.4 Å². The second kappa shape index (κ2) is 15.6. The molecule has 0 aliphatic carbocycles. The highest BCUT2D eigenvalue weighted by atomic mass is 32.2. The Morgan fingerprint density at radius 2 is 1.82 bits per heavy atom. The number of hydrogen-bond acceptors (Lipinski definition) is 5. The number of thioether (sulfide) groups is 1. The molecule has 40 heavy (non-hydrogen) atoms. The lowest BCUT2D eigenvalue weighted by Gasteiger charge is -2.23. The first-order chi connectivity index (χ1) is 19.2. The number of hydroxylamine groups is 2. The van der Waals surface area contributed by atoms with Crippen molar-refractivity contribution < 1.29 is 23.9 Å². The van der Waals surface area contributed by atoms with Crippen LogP contribution in [0.1, 0.15) is 58.8 Å². The van der Waals surface area contributed by atoms with Crippen molar-refractivity contribution in [1.29, 1.82) is 0 Å². The smallest absolute Gasteiger partial charge is 0.326 e. The van der Waals surface area contributed by atoms with Gasteiger partial charge >= 0.3 is 5.97 Å². The molecule has 0 fully saturated rings. The number of aryl methyl sites for hydroxylation is 2. The number of benzene rings is 3. The van der Waals surface area contributed by atoms with E-state index in [1.54, 1.807) is 6.07 Å². The Hall–Kier alpha value is -3.20. The molecule has 0 heterocycles. The minimum atomic E-state index is -1.05. The Bertz CT molecular complexity index is 1280. The lowest BCUT2D eigenvalue weighted by molar-refractivity contribution is -0.177. The van der Waals surface area contributed by atoms with Crippen LogP contribution in [0.25, 0.3) is 11.1 Å². The summed E-state index contributed by atoms with van der Waals surface area (Å²) >= 11 is 1.54. The Kier molecular flexibility index (Phi) is 12.2. The van der Waals surface area contributed by atoms with Crippen molar-refractivity contribution in [3.8, 4) is 11.1 Å². The number of carboxylic acid groups (broad SMARTS) is 1. The van der Waals surface area contributed by atoms with Gasteiger partial charge in [0.15, 0.2) is 0 Å². The molecule has 0 bridgehead atoms. The zero-order valence-electron chi connectivity index (χ0n) is 23.7. The lowest BCUT2D eigenvalue weighted by Crippen LogP contribution is -2.41. The number of hydrogen-bond donors (Lipinski definition) is 2. The first-order valence-electron chi connectivity index (χ1n) is 13.6. The Labute approximate surface area is 240 Å². The maximum absolute atomic E-state index is 14.0. The van der Waals surface area contributed by atoms with Crippen LogP contribution >= 0.6 is 11.8 Å². The van der Waals surface area contributed by atoms with E-state index in [9.17, 15) is 19.1 Å². The van der Waals surface area contributed by atoms with Crippen LogP contribution in [0.5, 0.6) is 0 Å². The van der Waals surface area contributed by atoms with Crippen molar-refractivity contribution in [3.05, 3.63) is 94.3 Å². The Morgan fingerprint density at radius 1 is 1.05 bits per heavy atom. The van der Waals surface area contributed by atoms with E-state index in [4.69, 9.17) is 4.84 Å². The summed E-state index contributed by atoms with van der Waals surface area (Å²) in [7, 11) is 0. The Morgan fingerprint density at radius 3 is 2.50 bits per heavy atom. The van der Waals surface area contributed by atoms with Gasteiger partial charge in [-0.25, -0.2) is 9.18 Å². The van der Waals surface area contributed by atoms with E-state index < -0.39 is 17.9 Å². The normalized spacial score (nSPS) is 11.9. The number of nitrogens with zero attached hydrogens (tertiary/aromatic N) is 1. The van der Waals surface area contributed by atoms with Gasteiger partial charge in [-0.1, -0.05) is 49.7 Å². The molecular formula is C32H39FN2O4S. The predicted octanol–water partition coefficient (Wildman–Crippen LogP) is 6.78. The number of unbranched alkanes of at least 4 members (excludes halogenated alkanes) is 1. The average molecular weight is 567 g/mol. The van der Waals surface area contributed by atoms with Crippen molar-refractivity contribution >= 4 is 23.6 Å². The van der Waals surface area contributed by atoms with E-state index in [2.05, 4.69) is 12.2 Å². The van der Waals surface area contributed by atoms with Gasteiger partial charge in [-0.3, -0.25) is 9.63 Å². The van der Waals surface area contributed by atoms with E-state index in [1.165, 1.54) is 23.9 Å². The molecule has 2 N–H and O–H groups in total. The number of nitrogens with one attached hydrogen (secondary N) is 1. The number of carbonyl (C=O) groups excluding carboxylic acids is 1. The van der Waals surface area contributed by atoms with E-state index in [1.807, 2.05) is 67.6 Å². The highest BCUT2D eigenvalue weighted by Crippen LogP contribution is 2.29. The van der Waals surface area contributed by atoms with Gasteiger partial charge in [-0.05, 0) is 96.3 Å². The number of aliphatic carboxylic acids is 1. The van der Waals surface area contributed by atoms with E-state index in [-0.39, 0.29) is 12.4 Å². The maximum Gasteiger partial charge on any atom is 0.326 e. The third kappa shape index (κ3) is 9.18. The third-order valence-corrected chi connectivity index (χ3v) is 7.26. The topological polar surface area (TPSA) is 78.9 Å². The third-order valence-electron chi connectivity index (χ3n) is 6.61. The van der Waals surface area contributed by atoms with E-state index in [0.717, 1.165) is 40.7 Å². The van der Waals surface area contributed by atoms with Crippen LogP contribution in [0.3, 0.4) is 0 Å². The number of amides is 1. The second-order valence-electron chi connectivity index (χ2n) is 9.97. The summed E-state index contributed by atoms with van der Waals surface area (Å²) in [6, 6.07) is 17.3. The van der Waals surface area contributed by atoms with Crippen molar-refractivity contribution in [2.45, 2.75) is 59.2 Å². The highest BCUT2D eigenvalue weighted by molar-refractivity contribution is 7.98. The number of halogens is 1. The van der Waals surface area contributed by atoms with Gasteiger partial charge in [-0.2, -0.15) is 16.8 Å². The molecule has 0 saturated heterocycles. The quantitative estimate of drug-likeness (QED) is 0.198. The summed E-state index contributed by atoms with van der Waals surface area (Å²) in [5, 5.41) is 14.2. The number of carbonyl (C=O) groups is 2. The first-order valence-corrected chi connectivity index (χ1v) is 15.0. The molecule has 3 aromatic rings. The van der Waals surface area contributed by atoms with Gasteiger partial charge in [-0.15, -0.1) is 0 Å². The largest absolute Gasteiger partial charge is 0.480 e. The van der Waals surface area contributed by atoms with Gasteiger partial charge in [0.1, 0.15) is 11.9 Å². The van der Waals surface area contributed by atoms with Gasteiger partial charge < -0.3 is 10.4 Å². The molecule has 1 atom stereocenters. The molecule has 214 valence electrons. The lowest BCUT2D eigenvalue weighted by atomic mass is 9.93. The molecule has 0 aliphatic heterocycles. The van der Waals surface area contributed by atoms with Gasteiger partial charge in [0.05, 0.1) is 6.61 Å². The molecule has 1 amide bonds. The van der Waals surface area contributed by atoms with Crippen molar-refractivity contribution in [1.82, 2.24) is 10.4 Å². The van der Waals surface area contributed by atoms with Crippen molar-refractivity contribution in [2.75, 3.05) is 18.6 Å². The Balaban J connectivity index is 1.87. The fourth-order valence-electron chi connectivity index (χ4n) is 4.50. The highest BCUT2D eigenvalue weighted by Gasteiger charge is 2.23. The number of rotatable bonds is 15. The molecular weight excluding hydrogens is 527 g/mol. The predicted molar refractivity (Wildman–Crippen MR) is 160 cm³/mol. The zero-order chi connectivity index (χ0) is 29.1. The summed E-state index contributed by atoms with van der Waals surface area (Å²) in [6.07, 6.45) is 4.17. The summed E-state index contributed by atoms with van der Waals surface area (Å²) in [4.78, 5) is 31.3. The van der Waals surface area contributed by atoms with Crippen LogP contribution in [0.15, 0.2) is 60.7 Å². The molecule has 0 radical (unpaired) electrons. The molecule has 0 spiro atoms. The molecule has 8 heteroatoms. The van der Waals surface area contributed by atoms with E-state index >= 15 is 0 Å². The van der Waals surface area contributed by atoms with Gasteiger partial charge in [0.25, 0.3) is 5.91 Å². The fourth-order valence-corrected chi connectivity index (χ4v) is 4.97. The molecule has 0 aromatic heterocycles. The molecule has 3 rings (SSSR count). The van der Waals surface area contributed by atoms with Gasteiger partial charge in [0.2, 0.25) is 0 Å². The average Bonchev–Trinajstić information content (AvgIpc) is 2.91. The van der Waals surface area contributed by atoms with Crippen molar-refractivity contribution in [2.24, 2.45) is 0 Å². The fraction of sp³-hybridized carbons (Fsp3) is 0.375. The zero-order valence-corrected chi connectivity index (χ0v) is 24.5. The van der Waals surface area contributed by atoms with Gasteiger partial charge in [0, 0.05) is 18.7 Å². The SMILES string of the molecule is CCCCN(Cc1cc(C)cc(F)c1)OCc1ccc(C(=O)N[C@@H](CCSC)C(=O)O)c(-c2ccccc2C)c1. The summed E-state index contributed by atoms with van der Waals surface area (Å²) in [6.45, 7) is 7.38. The second-order valence-corrected chi connectivity index (χ2v) is 11.0. The molecule has 6 nitrogen and oxygen atoms in total. The van der Waals surface area contributed by atoms with Crippen LogP contribution in [0, 0.1) is 19.7 Å². The first kappa shape index (κ1) is 31.3. The minimum absolute atomic E-state index is 0.263. The van der Waals surface area contributed by atoms with Crippen LogP contribution in [-0.2, 0) is 22.8 Å². The summed E-state index contributed by atoms with van der Waals surface area (Å²) in [5.41, 5.74) is 5.58. The van der Waals surface area contributed by atoms with Crippen LogP contribution in [-0.4, -0.2) is 46.6 Å². The van der Waals surface area contributed by atoms with Crippen LogP contribution in [0.2, 0.25) is 0 Å². The monoisotopic (exact) mass is 566 g/mol. The number of carboxylic acids is 1. The molecule has 0 unspecified atom stereocenters. The maximum atomic E-state index is 14.0. The minimum Gasteiger partial charge on any atom is -0.480 e. The summed E-state index contributed by atoms with van der Waals surface area (Å²) < 4.78 is 14.0. The molecule has 3 aromatic carbocycles. The van der Waals surface area contributed by atoms with Crippen molar-refractivity contribution in [3.63, 3.8) is 0 Å². The summed E-state index contributed by atoms with van der Waals surface area (Å²) in [5.74, 6) is -1.11. The standard InChI is InChI=1S/C32H39FN2O4S/c1-5-6-14-35(20-25-16-22(2)17-26(33)18-25)39-21-24-11-12-28(29(19-24)27-10-8-7-9-23(27)3)31(36)34-30(32(37)38)13-15-40-4/h7-12,16-19,30H,5-6,13-15,20-21H2,1-4H3,(H,34,36)(H,37,38)/t30-/m0/s1. The molecule has 0 aliphatic rings. The van der Waals surface area contributed by atoms with Crippen LogP contribution < -0.4 is 5.32 Å². The molecule has 0 saturated carbocycles. The van der Waals surface area contributed by atoms with Crippen LogP contribution in [0.4, 0.5) is 4.39 Å².